The van der Waals surface area contributed by atoms with E-state index >= 15 is 0 Å². The van der Waals surface area contributed by atoms with Crippen LogP contribution in [0.1, 0.15) is 16.1 Å². The second-order valence-electron chi connectivity index (χ2n) is 2.68. The van der Waals surface area contributed by atoms with Crippen molar-refractivity contribution in [3.8, 4) is 0 Å². The van der Waals surface area contributed by atoms with Gasteiger partial charge in [-0.2, -0.15) is 0 Å². The highest BCUT2D eigenvalue weighted by Gasteiger charge is 2.12. The second kappa shape index (κ2) is 4.83. The van der Waals surface area contributed by atoms with Gasteiger partial charge in [0.25, 0.3) is 0 Å². The number of carboxylic acids is 1. The molecular weight excluding hydrogens is 206 g/mol. The molecule has 0 bridgehead atoms. The zero-order valence-electron chi connectivity index (χ0n) is 7.42. The van der Waals surface area contributed by atoms with Crippen LogP contribution in [0.2, 0.25) is 0 Å². The number of halogens is 1. The van der Waals surface area contributed by atoms with Crippen LogP contribution < -0.4 is 5.32 Å². The molecule has 5 heteroatoms. The number of rotatable bonds is 5. The summed E-state index contributed by atoms with van der Waals surface area (Å²) in [5.74, 6) is -0.615. The molecule has 0 saturated heterocycles. The van der Waals surface area contributed by atoms with E-state index in [1.165, 1.54) is 12.3 Å². The maximum Gasteiger partial charge on any atom is 0.339 e. The summed E-state index contributed by atoms with van der Waals surface area (Å²) >= 11 is 5.52. The van der Waals surface area contributed by atoms with Gasteiger partial charge in [-0.1, -0.05) is 18.2 Å². The molecule has 1 aromatic heterocycles. The number of nitrogens with one attached hydrogen (secondary N) is 1. The van der Waals surface area contributed by atoms with Gasteiger partial charge in [0.05, 0.1) is 12.8 Å². The largest absolute Gasteiger partial charge is 0.478 e. The van der Waals surface area contributed by atoms with Crippen molar-refractivity contribution in [2.45, 2.75) is 6.54 Å². The van der Waals surface area contributed by atoms with Crippen LogP contribution in [0.4, 0.5) is 0 Å². The molecule has 0 aliphatic heterocycles. The molecular formula is C9H10ClNO3. The summed E-state index contributed by atoms with van der Waals surface area (Å²) in [4.78, 5) is 10.6. The predicted molar refractivity (Wildman–Crippen MR) is 52.4 cm³/mol. The second-order valence-corrected chi connectivity index (χ2v) is 3.22. The van der Waals surface area contributed by atoms with Crippen LogP contribution >= 0.6 is 11.6 Å². The standard InChI is InChI=1S/C9H10ClNO3/c1-6(10)4-11-5-8-7(9(12)13)2-3-14-8/h2-3,11H,1,4-5H2,(H,12,13). The van der Waals surface area contributed by atoms with Gasteiger partial charge in [-0.3, -0.25) is 0 Å². The minimum atomic E-state index is -1.000. The van der Waals surface area contributed by atoms with Crippen molar-refractivity contribution in [1.29, 1.82) is 0 Å². The van der Waals surface area contributed by atoms with E-state index in [0.717, 1.165) is 0 Å². The Balaban J connectivity index is 2.54. The minimum Gasteiger partial charge on any atom is -0.478 e. The summed E-state index contributed by atoms with van der Waals surface area (Å²) in [5.41, 5.74) is 0.165. The number of hydrogen-bond donors (Lipinski definition) is 2. The molecule has 0 aromatic carbocycles. The maximum atomic E-state index is 10.6. The molecule has 76 valence electrons. The van der Waals surface area contributed by atoms with E-state index in [0.29, 0.717) is 23.9 Å². The van der Waals surface area contributed by atoms with Gasteiger partial charge in [0.2, 0.25) is 0 Å². The molecule has 4 nitrogen and oxygen atoms in total. The zero-order valence-corrected chi connectivity index (χ0v) is 8.17. The van der Waals surface area contributed by atoms with Crippen molar-refractivity contribution in [3.63, 3.8) is 0 Å². The van der Waals surface area contributed by atoms with Crippen LogP contribution in [0.5, 0.6) is 0 Å². The highest BCUT2D eigenvalue weighted by atomic mass is 35.5. The highest BCUT2D eigenvalue weighted by Crippen LogP contribution is 2.10. The van der Waals surface area contributed by atoms with Crippen LogP contribution in [0.3, 0.4) is 0 Å². The summed E-state index contributed by atoms with van der Waals surface area (Å²) < 4.78 is 4.99. The van der Waals surface area contributed by atoms with Crippen molar-refractivity contribution in [2.24, 2.45) is 0 Å². The molecule has 0 aliphatic rings. The third-order valence-corrected chi connectivity index (χ3v) is 1.71. The summed E-state index contributed by atoms with van der Waals surface area (Å²) in [6.07, 6.45) is 1.34. The Morgan fingerprint density at radius 2 is 2.43 bits per heavy atom. The fourth-order valence-electron chi connectivity index (χ4n) is 0.980. The van der Waals surface area contributed by atoms with Crippen LogP contribution in [0.15, 0.2) is 28.4 Å². The third kappa shape index (κ3) is 2.90. The van der Waals surface area contributed by atoms with Crippen LogP contribution in [-0.2, 0) is 6.54 Å². The summed E-state index contributed by atoms with van der Waals surface area (Å²) in [5, 5.41) is 12.1. The average molecular weight is 216 g/mol. The number of carbonyl (C=O) groups is 1. The lowest BCUT2D eigenvalue weighted by Gasteiger charge is -2.01. The smallest absolute Gasteiger partial charge is 0.339 e. The molecule has 0 atom stereocenters. The average Bonchev–Trinajstić information content (AvgIpc) is 2.51. The summed E-state index contributed by atoms with van der Waals surface area (Å²) in [6, 6.07) is 1.41. The fraction of sp³-hybridized carbons (Fsp3) is 0.222. The van der Waals surface area contributed by atoms with E-state index in [1.54, 1.807) is 0 Å². The minimum absolute atomic E-state index is 0.165. The van der Waals surface area contributed by atoms with E-state index in [1.807, 2.05) is 0 Å². The molecule has 14 heavy (non-hydrogen) atoms. The van der Waals surface area contributed by atoms with Gasteiger partial charge in [-0.25, -0.2) is 4.79 Å². The molecule has 1 heterocycles. The Labute approximate surface area is 86.2 Å². The van der Waals surface area contributed by atoms with E-state index in [4.69, 9.17) is 21.1 Å². The van der Waals surface area contributed by atoms with Gasteiger partial charge in [0.15, 0.2) is 0 Å². The third-order valence-electron chi connectivity index (χ3n) is 1.58. The van der Waals surface area contributed by atoms with Gasteiger partial charge in [-0.05, 0) is 6.07 Å². The number of hydrogen-bond acceptors (Lipinski definition) is 3. The maximum absolute atomic E-state index is 10.6. The lowest BCUT2D eigenvalue weighted by atomic mass is 10.2. The first kappa shape index (κ1) is 10.8. The van der Waals surface area contributed by atoms with Crippen molar-refractivity contribution < 1.29 is 14.3 Å². The van der Waals surface area contributed by atoms with Gasteiger partial charge in [0, 0.05) is 11.6 Å². The molecule has 1 aromatic rings. The Kier molecular flexibility index (Phi) is 3.73. The molecule has 0 spiro atoms. The van der Waals surface area contributed by atoms with E-state index in [-0.39, 0.29) is 5.56 Å². The Bertz CT molecular complexity index is 346. The quantitative estimate of drug-likeness (QED) is 0.787. The summed E-state index contributed by atoms with van der Waals surface area (Å²) in [6.45, 7) is 4.23. The molecule has 0 amide bonds. The Morgan fingerprint density at radius 3 is 3.00 bits per heavy atom. The zero-order chi connectivity index (χ0) is 10.6. The van der Waals surface area contributed by atoms with E-state index in [9.17, 15) is 4.79 Å². The van der Waals surface area contributed by atoms with Crippen molar-refractivity contribution >= 4 is 17.6 Å². The molecule has 0 radical (unpaired) electrons. The number of carboxylic acid groups (broad SMARTS) is 1. The van der Waals surface area contributed by atoms with Crippen molar-refractivity contribution in [3.05, 3.63) is 35.3 Å². The first-order valence-electron chi connectivity index (χ1n) is 3.95. The molecule has 0 aliphatic carbocycles. The number of aromatic carboxylic acids is 1. The lowest BCUT2D eigenvalue weighted by Crippen LogP contribution is -2.15. The first-order chi connectivity index (χ1) is 6.61. The van der Waals surface area contributed by atoms with Crippen LogP contribution in [-0.4, -0.2) is 17.6 Å². The molecule has 0 unspecified atom stereocenters. The van der Waals surface area contributed by atoms with Gasteiger partial charge < -0.3 is 14.8 Å². The molecule has 1 rings (SSSR count). The summed E-state index contributed by atoms with van der Waals surface area (Å²) in [7, 11) is 0. The van der Waals surface area contributed by atoms with E-state index < -0.39 is 5.97 Å². The van der Waals surface area contributed by atoms with Crippen molar-refractivity contribution in [2.75, 3.05) is 6.54 Å². The fourth-order valence-corrected chi connectivity index (χ4v) is 1.07. The lowest BCUT2D eigenvalue weighted by molar-refractivity contribution is 0.0694. The van der Waals surface area contributed by atoms with Crippen LogP contribution in [0, 0.1) is 0 Å². The Morgan fingerprint density at radius 1 is 1.71 bits per heavy atom. The van der Waals surface area contributed by atoms with Gasteiger partial charge in [0.1, 0.15) is 11.3 Å². The predicted octanol–water partition coefficient (Wildman–Crippen LogP) is 1.82. The van der Waals surface area contributed by atoms with Crippen LogP contribution in [0.25, 0.3) is 0 Å². The molecule has 0 fully saturated rings. The van der Waals surface area contributed by atoms with Gasteiger partial charge >= 0.3 is 5.97 Å². The monoisotopic (exact) mass is 215 g/mol. The topological polar surface area (TPSA) is 62.5 Å². The van der Waals surface area contributed by atoms with Gasteiger partial charge in [-0.15, -0.1) is 0 Å². The normalized spacial score (nSPS) is 10.1. The highest BCUT2D eigenvalue weighted by molar-refractivity contribution is 6.29. The molecule has 0 saturated carbocycles. The first-order valence-corrected chi connectivity index (χ1v) is 4.32. The molecule has 2 N–H and O–H groups in total. The SMILES string of the molecule is C=C(Cl)CNCc1occc1C(=O)O. The van der Waals surface area contributed by atoms with E-state index in [2.05, 4.69) is 11.9 Å². The number of furan rings is 1. The Hall–Kier alpha value is -1.26. The van der Waals surface area contributed by atoms with Crippen molar-refractivity contribution in [1.82, 2.24) is 5.32 Å².